The van der Waals surface area contributed by atoms with Gasteiger partial charge in [0.1, 0.15) is 0 Å². The Kier molecular flexibility index (Phi) is 7.59. The average molecular weight is 580 g/mol. The van der Waals surface area contributed by atoms with Crippen LogP contribution in [-0.2, 0) is 16.0 Å². The highest BCUT2D eigenvalue weighted by Crippen LogP contribution is 2.36. The molecule has 0 spiro atoms. The van der Waals surface area contributed by atoms with Crippen LogP contribution < -0.4 is 5.43 Å². The van der Waals surface area contributed by atoms with Crippen molar-refractivity contribution in [3.8, 4) is 16.9 Å². The fourth-order valence-electron chi connectivity index (χ4n) is 4.11. The van der Waals surface area contributed by atoms with Crippen LogP contribution in [0.4, 0.5) is 32.0 Å². The average Bonchev–Trinajstić information content (AvgIpc) is 3.20. The third-order valence-corrected chi connectivity index (χ3v) is 7.26. The van der Waals surface area contributed by atoms with Gasteiger partial charge in [0.05, 0.1) is 21.8 Å². The van der Waals surface area contributed by atoms with Gasteiger partial charge in [0.15, 0.2) is 15.5 Å². The Morgan fingerprint density at radius 1 is 0.850 bits per heavy atom. The van der Waals surface area contributed by atoms with E-state index in [1.54, 1.807) is 24.3 Å². The molecule has 4 aromatic rings. The van der Waals surface area contributed by atoms with Crippen LogP contribution in [0.2, 0.25) is 0 Å². The topological polar surface area (TPSA) is 63.5 Å². The predicted molar refractivity (Wildman–Crippen MR) is 141 cm³/mol. The molecule has 40 heavy (non-hydrogen) atoms. The normalized spacial score (nSPS) is 13.0. The first-order valence-electron chi connectivity index (χ1n) is 11.7. The molecule has 0 fully saturated rings. The molecule has 4 rings (SSSR count). The van der Waals surface area contributed by atoms with Crippen molar-refractivity contribution in [2.24, 2.45) is 5.10 Å². The third kappa shape index (κ3) is 6.22. The Morgan fingerprint density at radius 2 is 1.48 bits per heavy atom. The fraction of sp³-hybridized carbons (Fsp3) is 0.179. The molecule has 0 radical (unpaired) electrons. The van der Waals surface area contributed by atoms with Crippen molar-refractivity contribution in [1.29, 1.82) is 0 Å². The fourth-order valence-corrected chi connectivity index (χ4v) is 4.74. The van der Waals surface area contributed by atoms with Crippen molar-refractivity contribution in [1.82, 2.24) is 4.57 Å². The molecular weight excluding hydrogens is 556 g/mol. The second-order valence-corrected chi connectivity index (χ2v) is 11.2. The molecule has 1 N–H and O–H groups in total. The van der Waals surface area contributed by atoms with Crippen LogP contribution in [0.5, 0.6) is 0 Å². The number of benzene rings is 3. The summed E-state index contributed by atoms with van der Waals surface area (Å²) in [7, 11) is -3.57. The van der Waals surface area contributed by atoms with Crippen LogP contribution in [0.3, 0.4) is 0 Å². The van der Waals surface area contributed by atoms with Gasteiger partial charge in [0.25, 0.3) is 0 Å². The van der Waals surface area contributed by atoms with Crippen LogP contribution in [0, 0.1) is 13.8 Å². The largest absolute Gasteiger partial charge is 0.435 e. The number of hydrazone groups is 1. The summed E-state index contributed by atoms with van der Waals surface area (Å²) in [6.07, 6.45) is -8.61. The quantitative estimate of drug-likeness (QED) is 0.146. The zero-order valence-electron chi connectivity index (χ0n) is 21.4. The van der Waals surface area contributed by atoms with Crippen LogP contribution in [0.25, 0.3) is 16.9 Å². The van der Waals surface area contributed by atoms with E-state index in [1.807, 2.05) is 6.92 Å². The van der Waals surface area contributed by atoms with Crippen molar-refractivity contribution in [2.45, 2.75) is 31.1 Å². The summed E-state index contributed by atoms with van der Waals surface area (Å²) in [4.78, 5) is -0.0230. The summed E-state index contributed by atoms with van der Waals surface area (Å²) in [5, 5.41) is 3.64. The summed E-state index contributed by atoms with van der Waals surface area (Å²) in [5.41, 5.74) is 1.31. The van der Waals surface area contributed by atoms with E-state index in [0.717, 1.165) is 30.0 Å². The highest BCUT2D eigenvalue weighted by atomic mass is 32.2. The molecular formula is C28H23F6N3O2S. The zero-order valence-corrected chi connectivity index (χ0v) is 22.2. The molecule has 0 saturated carbocycles. The van der Waals surface area contributed by atoms with Gasteiger partial charge < -0.3 is 4.57 Å². The highest BCUT2D eigenvalue weighted by molar-refractivity contribution is 7.90. The molecule has 0 atom stereocenters. The van der Waals surface area contributed by atoms with Crippen LogP contribution in [-0.4, -0.2) is 31.1 Å². The molecule has 0 saturated heterocycles. The maximum absolute atomic E-state index is 14.3. The van der Waals surface area contributed by atoms with Gasteiger partial charge in [0.2, 0.25) is 0 Å². The van der Waals surface area contributed by atoms with Gasteiger partial charge in [-0.05, 0) is 67.9 Å². The van der Waals surface area contributed by atoms with E-state index in [2.05, 4.69) is 10.5 Å². The van der Waals surface area contributed by atoms with Crippen LogP contribution in [0.1, 0.15) is 22.4 Å². The first kappa shape index (κ1) is 28.9. The number of nitrogens with zero attached hydrogens (tertiary/aromatic N) is 2. The Bertz CT molecular complexity index is 1670. The number of aryl methyl sites for hydroxylation is 1. The monoisotopic (exact) mass is 579 g/mol. The van der Waals surface area contributed by atoms with Gasteiger partial charge in [0, 0.05) is 23.2 Å². The summed E-state index contributed by atoms with van der Waals surface area (Å²) in [6, 6.07) is 17.2. The molecule has 0 aliphatic heterocycles. The Balaban J connectivity index is 1.94. The Labute approximate surface area is 226 Å². The van der Waals surface area contributed by atoms with E-state index in [-0.39, 0.29) is 33.1 Å². The number of rotatable bonds is 6. The third-order valence-electron chi connectivity index (χ3n) is 6.13. The van der Waals surface area contributed by atoms with E-state index >= 15 is 0 Å². The van der Waals surface area contributed by atoms with Crippen molar-refractivity contribution in [3.05, 3.63) is 101 Å². The van der Waals surface area contributed by atoms with Gasteiger partial charge in [-0.1, -0.05) is 35.9 Å². The first-order valence-corrected chi connectivity index (χ1v) is 13.6. The van der Waals surface area contributed by atoms with E-state index in [4.69, 9.17) is 0 Å². The second kappa shape index (κ2) is 10.5. The molecule has 0 aliphatic carbocycles. The molecule has 1 heterocycles. The molecule has 0 unspecified atom stereocenters. The van der Waals surface area contributed by atoms with Crippen molar-refractivity contribution in [2.75, 3.05) is 11.7 Å². The number of hydrogen-bond acceptors (Lipinski definition) is 4. The van der Waals surface area contributed by atoms with E-state index in [1.165, 1.54) is 47.9 Å². The maximum Gasteiger partial charge on any atom is 0.435 e. The highest BCUT2D eigenvalue weighted by Gasteiger charge is 2.40. The van der Waals surface area contributed by atoms with Crippen molar-refractivity contribution < 1.29 is 34.8 Å². The lowest BCUT2D eigenvalue weighted by molar-refractivity contribution is -0.137. The zero-order chi connectivity index (χ0) is 29.5. The number of nitrogens with one attached hydrogen (secondary N) is 1. The van der Waals surface area contributed by atoms with Gasteiger partial charge in [-0.2, -0.15) is 31.4 Å². The number of alkyl halides is 6. The standard InChI is InChI=1S/C28H23F6N3O2S/c1-17-7-11-21(12-8-17)35-36-26(28(32,33)34)24-16-25(19-9-13-23(14-10-19)40(3,38)39)37(18(24)2)22-6-4-5-20(15-22)27(29,30)31/h4-16,35H,1-3H3/b36-26-. The Morgan fingerprint density at radius 3 is 2.02 bits per heavy atom. The van der Waals surface area contributed by atoms with E-state index in [0.29, 0.717) is 5.69 Å². The minimum absolute atomic E-state index is 0.0230. The summed E-state index contributed by atoms with van der Waals surface area (Å²) in [6.45, 7) is 3.16. The minimum atomic E-state index is -4.93. The molecule has 210 valence electrons. The van der Waals surface area contributed by atoms with Crippen molar-refractivity contribution in [3.63, 3.8) is 0 Å². The maximum atomic E-state index is 14.3. The smallest absolute Gasteiger partial charge is 0.313 e. The lowest BCUT2D eigenvalue weighted by atomic mass is 10.1. The summed E-state index contributed by atoms with van der Waals surface area (Å²) in [5.74, 6) is 0. The summed E-state index contributed by atoms with van der Waals surface area (Å²) >= 11 is 0. The first-order chi connectivity index (χ1) is 18.6. The van der Waals surface area contributed by atoms with Gasteiger partial charge >= 0.3 is 12.4 Å². The van der Waals surface area contributed by atoms with Crippen molar-refractivity contribution >= 4 is 21.2 Å². The molecule has 0 aliphatic rings. The van der Waals surface area contributed by atoms with Gasteiger partial charge in [-0.25, -0.2) is 8.42 Å². The van der Waals surface area contributed by atoms with Gasteiger partial charge in [-0.15, -0.1) is 0 Å². The number of aromatic nitrogens is 1. The number of hydrogen-bond donors (Lipinski definition) is 1. The SMILES string of the molecule is Cc1ccc(N/N=C(/c2cc(-c3ccc(S(C)(=O)=O)cc3)n(-c3cccc(C(F)(F)F)c3)c2C)C(F)(F)F)cc1. The number of sulfone groups is 1. The molecule has 3 aromatic carbocycles. The number of anilines is 1. The molecule has 0 bridgehead atoms. The molecule has 5 nitrogen and oxygen atoms in total. The number of halogens is 6. The molecule has 0 amide bonds. The molecule has 1 aromatic heterocycles. The van der Waals surface area contributed by atoms with Gasteiger partial charge in [-0.3, -0.25) is 5.43 Å². The van der Waals surface area contributed by atoms with Crippen LogP contribution in [0.15, 0.2) is 88.9 Å². The van der Waals surface area contributed by atoms with E-state index in [9.17, 15) is 34.8 Å². The summed E-state index contributed by atoms with van der Waals surface area (Å²) < 4.78 is 108. The lowest BCUT2D eigenvalue weighted by Gasteiger charge is -2.16. The Hall–Kier alpha value is -4.06. The predicted octanol–water partition coefficient (Wildman–Crippen LogP) is 7.56. The van der Waals surface area contributed by atoms with E-state index < -0.39 is 33.5 Å². The lowest BCUT2D eigenvalue weighted by Crippen LogP contribution is -2.26. The van der Waals surface area contributed by atoms with Crippen LogP contribution >= 0.6 is 0 Å². The minimum Gasteiger partial charge on any atom is -0.313 e. The second-order valence-electron chi connectivity index (χ2n) is 9.14. The molecule has 12 heteroatoms.